The zero-order valence-electron chi connectivity index (χ0n) is 8.61. The molecular weight excluding hydrogens is 231 g/mol. The van der Waals surface area contributed by atoms with E-state index in [2.05, 4.69) is 0 Å². The first kappa shape index (κ1) is 11.4. The van der Waals surface area contributed by atoms with Crippen molar-refractivity contribution < 1.29 is 18.0 Å². The first-order valence-corrected chi connectivity index (χ1v) is 4.83. The standard InChI is InChI=1S/C12H8F3NO/c13-12(14,15)10-5-3-9(4-6-10)11(17)16-7-1-2-8-16/h1-8H. The van der Waals surface area contributed by atoms with E-state index in [9.17, 15) is 18.0 Å². The predicted molar refractivity (Wildman–Crippen MR) is 55.6 cm³/mol. The summed E-state index contributed by atoms with van der Waals surface area (Å²) in [7, 11) is 0. The van der Waals surface area contributed by atoms with E-state index in [1.807, 2.05) is 0 Å². The van der Waals surface area contributed by atoms with Crippen LogP contribution in [0.25, 0.3) is 0 Å². The van der Waals surface area contributed by atoms with Gasteiger partial charge in [0, 0.05) is 18.0 Å². The van der Waals surface area contributed by atoms with E-state index >= 15 is 0 Å². The van der Waals surface area contributed by atoms with Crippen LogP contribution in [-0.2, 0) is 6.18 Å². The van der Waals surface area contributed by atoms with Gasteiger partial charge in [-0.05, 0) is 36.4 Å². The average Bonchev–Trinajstić information content (AvgIpc) is 2.80. The molecule has 1 aromatic carbocycles. The third-order valence-corrected chi connectivity index (χ3v) is 2.30. The Morgan fingerprint density at radius 2 is 1.53 bits per heavy atom. The summed E-state index contributed by atoms with van der Waals surface area (Å²) in [5.41, 5.74) is -0.546. The lowest BCUT2D eigenvalue weighted by Crippen LogP contribution is -2.10. The molecule has 0 atom stereocenters. The highest BCUT2D eigenvalue weighted by molar-refractivity contribution is 5.95. The molecule has 0 bridgehead atoms. The largest absolute Gasteiger partial charge is 0.416 e. The van der Waals surface area contributed by atoms with Gasteiger partial charge in [0.05, 0.1) is 5.56 Å². The molecule has 0 spiro atoms. The van der Waals surface area contributed by atoms with Crippen LogP contribution in [-0.4, -0.2) is 10.5 Å². The number of hydrogen-bond donors (Lipinski definition) is 0. The summed E-state index contributed by atoms with van der Waals surface area (Å²) in [6, 6.07) is 7.48. The van der Waals surface area contributed by atoms with E-state index in [1.165, 1.54) is 16.7 Å². The second-order valence-electron chi connectivity index (χ2n) is 3.47. The van der Waals surface area contributed by atoms with E-state index in [0.29, 0.717) is 0 Å². The van der Waals surface area contributed by atoms with Gasteiger partial charge in [0.15, 0.2) is 0 Å². The number of carbonyl (C=O) groups excluding carboxylic acids is 1. The van der Waals surface area contributed by atoms with Gasteiger partial charge in [-0.15, -0.1) is 0 Å². The maximum Gasteiger partial charge on any atom is 0.416 e. The Morgan fingerprint density at radius 3 is 2.00 bits per heavy atom. The van der Waals surface area contributed by atoms with Crippen molar-refractivity contribution in [3.63, 3.8) is 0 Å². The Bertz CT molecular complexity index is 512. The van der Waals surface area contributed by atoms with Crippen LogP contribution in [0.3, 0.4) is 0 Å². The van der Waals surface area contributed by atoms with Crippen LogP contribution in [0.2, 0.25) is 0 Å². The molecule has 0 radical (unpaired) electrons. The van der Waals surface area contributed by atoms with Gasteiger partial charge in [0.25, 0.3) is 5.91 Å². The van der Waals surface area contributed by atoms with Gasteiger partial charge in [-0.2, -0.15) is 13.2 Å². The zero-order chi connectivity index (χ0) is 12.5. The fourth-order valence-corrected chi connectivity index (χ4v) is 1.42. The van der Waals surface area contributed by atoms with Gasteiger partial charge < -0.3 is 0 Å². The van der Waals surface area contributed by atoms with Crippen LogP contribution in [0.1, 0.15) is 15.9 Å². The van der Waals surface area contributed by atoms with E-state index in [1.54, 1.807) is 24.5 Å². The molecule has 0 unspecified atom stereocenters. The number of rotatable bonds is 1. The molecule has 17 heavy (non-hydrogen) atoms. The fraction of sp³-hybridized carbons (Fsp3) is 0.0833. The van der Waals surface area contributed by atoms with Crippen molar-refractivity contribution in [1.82, 2.24) is 4.57 Å². The topological polar surface area (TPSA) is 22.0 Å². The van der Waals surface area contributed by atoms with Crippen molar-refractivity contribution in [3.8, 4) is 0 Å². The second kappa shape index (κ2) is 4.08. The zero-order valence-corrected chi connectivity index (χ0v) is 8.61. The fourth-order valence-electron chi connectivity index (χ4n) is 1.42. The molecule has 2 aromatic rings. The molecular formula is C12H8F3NO. The molecule has 1 aromatic heterocycles. The van der Waals surface area contributed by atoms with Crippen molar-refractivity contribution in [1.29, 1.82) is 0 Å². The maximum atomic E-state index is 12.3. The van der Waals surface area contributed by atoms with Crippen LogP contribution < -0.4 is 0 Å². The molecule has 0 aliphatic rings. The first-order chi connectivity index (χ1) is 7.98. The van der Waals surface area contributed by atoms with Crippen molar-refractivity contribution in [2.45, 2.75) is 6.18 Å². The van der Waals surface area contributed by atoms with Crippen LogP contribution in [0.15, 0.2) is 48.8 Å². The summed E-state index contributed by atoms with van der Waals surface area (Å²) < 4.78 is 38.2. The number of alkyl halides is 3. The summed E-state index contributed by atoms with van der Waals surface area (Å²) in [6.45, 7) is 0. The van der Waals surface area contributed by atoms with Crippen molar-refractivity contribution >= 4 is 5.91 Å². The van der Waals surface area contributed by atoms with E-state index in [-0.39, 0.29) is 11.5 Å². The Kier molecular flexibility index (Phi) is 2.75. The Morgan fingerprint density at radius 1 is 1.00 bits per heavy atom. The summed E-state index contributed by atoms with van der Waals surface area (Å²) in [4.78, 5) is 11.8. The average molecular weight is 239 g/mol. The Labute approximate surface area is 95.3 Å². The van der Waals surface area contributed by atoms with Gasteiger partial charge in [0.1, 0.15) is 0 Å². The Balaban J connectivity index is 2.28. The minimum Gasteiger partial charge on any atom is -0.291 e. The smallest absolute Gasteiger partial charge is 0.291 e. The number of carbonyl (C=O) groups is 1. The molecule has 0 aliphatic heterocycles. The third-order valence-electron chi connectivity index (χ3n) is 2.30. The highest BCUT2D eigenvalue weighted by Crippen LogP contribution is 2.29. The predicted octanol–water partition coefficient (Wildman–Crippen LogP) is 3.20. The van der Waals surface area contributed by atoms with Crippen LogP contribution in [0.5, 0.6) is 0 Å². The lowest BCUT2D eigenvalue weighted by atomic mass is 10.1. The van der Waals surface area contributed by atoms with Crippen molar-refractivity contribution in [2.75, 3.05) is 0 Å². The molecule has 0 aliphatic carbocycles. The third kappa shape index (κ3) is 2.38. The molecule has 0 saturated carbocycles. The van der Waals surface area contributed by atoms with Crippen LogP contribution in [0, 0.1) is 0 Å². The summed E-state index contributed by atoms with van der Waals surface area (Å²) in [6.07, 6.45) is -1.30. The molecule has 0 amide bonds. The number of aromatic nitrogens is 1. The molecule has 2 nitrogen and oxygen atoms in total. The number of hydrogen-bond acceptors (Lipinski definition) is 1. The minimum absolute atomic E-state index is 0.217. The highest BCUT2D eigenvalue weighted by atomic mass is 19.4. The second-order valence-corrected chi connectivity index (χ2v) is 3.47. The number of benzene rings is 1. The molecule has 0 N–H and O–H groups in total. The maximum absolute atomic E-state index is 12.3. The van der Waals surface area contributed by atoms with Gasteiger partial charge in [-0.1, -0.05) is 0 Å². The highest BCUT2D eigenvalue weighted by Gasteiger charge is 2.30. The van der Waals surface area contributed by atoms with Gasteiger partial charge in [0.2, 0.25) is 0 Å². The molecule has 88 valence electrons. The van der Waals surface area contributed by atoms with Crippen LogP contribution >= 0.6 is 0 Å². The van der Waals surface area contributed by atoms with Gasteiger partial charge in [-0.3, -0.25) is 9.36 Å². The SMILES string of the molecule is O=C(c1ccc(C(F)(F)F)cc1)n1cccc1. The monoisotopic (exact) mass is 239 g/mol. The van der Waals surface area contributed by atoms with E-state index < -0.39 is 11.7 Å². The molecule has 2 rings (SSSR count). The summed E-state index contributed by atoms with van der Waals surface area (Å²) in [5.74, 6) is -0.358. The molecule has 0 saturated heterocycles. The lowest BCUT2D eigenvalue weighted by molar-refractivity contribution is -0.137. The van der Waals surface area contributed by atoms with E-state index in [4.69, 9.17) is 0 Å². The Hall–Kier alpha value is -2.04. The number of halogens is 3. The quantitative estimate of drug-likeness (QED) is 0.749. The van der Waals surface area contributed by atoms with Gasteiger partial charge in [-0.25, -0.2) is 0 Å². The number of nitrogens with zero attached hydrogens (tertiary/aromatic N) is 1. The minimum atomic E-state index is -4.38. The summed E-state index contributed by atoms with van der Waals surface area (Å²) in [5, 5.41) is 0. The summed E-state index contributed by atoms with van der Waals surface area (Å²) >= 11 is 0. The normalized spacial score (nSPS) is 11.5. The lowest BCUT2D eigenvalue weighted by Gasteiger charge is -2.07. The van der Waals surface area contributed by atoms with Crippen molar-refractivity contribution in [3.05, 3.63) is 59.9 Å². The van der Waals surface area contributed by atoms with Crippen LogP contribution in [0.4, 0.5) is 13.2 Å². The molecule has 1 heterocycles. The molecule has 5 heteroatoms. The molecule has 0 fully saturated rings. The van der Waals surface area contributed by atoms with Gasteiger partial charge >= 0.3 is 6.18 Å². The van der Waals surface area contributed by atoms with E-state index in [0.717, 1.165) is 12.1 Å². The van der Waals surface area contributed by atoms with Crippen molar-refractivity contribution in [2.24, 2.45) is 0 Å². The first-order valence-electron chi connectivity index (χ1n) is 4.83.